The van der Waals surface area contributed by atoms with Crippen molar-refractivity contribution in [2.24, 2.45) is 0 Å². The van der Waals surface area contributed by atoms with Gasteiger partial charge in [-0.3, -0.25) is 9.59 Å². The maximum Gasteiger partial charge on any atom is 0.573 e. The molecular formula is C25H18F3NO5S. The van der Waals surface area contributed by atoms with Crippen LogP contribution in [0.1, 0.15) is 33.3 Å². The topological polar surface area (TPSA) is 77.6 Å². The average molecular weight is 501 g/mol. The van der Waals surface area contributed by atoms with Gasteiger partial charge < -0.3 is 19.2 Å². The van der Waals surface area contributed by atoms with Crippen molar-refractivity contribution in [3.05, 3.63) is 81.0 Å². The zero-order chi connectivity index (χ0) is 24.7. The van der Waals surface area contributed by atoms with E-state index in [0.29, 0.717) is 33.8 Å². The van der Waals surface area contributed by atoms with Gasteiger partial charge in [0, 0.05) is 40.4 Å². The first-order chi connectivity index (χ1) is 16.7. The Bertz CT molecular complexity index is 1490. The van der Waals surface area contributed by atoms with Gasteiger partial charge in [0.1, 0.15) is 17.2 Å². The van der Waals surface area contributed by atoms with Crippen LogP contribution >= 0.6 is 11.3 Å². The minimum absolute atomic E-state index is 0.170. The summed E-state index contributed by atoms with van der Waals surface area (Å²) in [4.78, 5) is 30.0. The zero-order valence-corrected chi connectivity index (χ0v) is 19.1. The van der Waals surface area contributed by atoms with Gasteiger partial charge in [-0.05, 0) is 42.8 Å². The van der Waals surface area contributed by atoms with Gasteiger partial charge in [-0.25, -0.2) is 0 Å². The maximum absolute atomic E-state index is 13.0. The van der Waals surface area contributed by atoms with Crippen molar-refractivity contribution in [1.82, 2.24) is 4.98 Å². The van der Waals surface area contributed by atoms with Gasteiger partial charge in [-0.15, -0.1) is 24.5 Å². The van der Waals surface area contributed by atoms with Gasteiger partial charge >= 0.3 is 6.36 Å². The number of hydrogen-bond donors (Lipinski definition) is 1. The molecule has 0 saturated heterocycles. The molecule has 0 saturated carbocycles. The van der Waals surface area contributed by atoms with Crippen molar-refractivity contribution < 1.29 is 32.2 Å². The van der Waals surface area contributed by atoms with Gasteiger partial charge in [-0.1, -0.05) is 6.07 Å². The van der Waals surface area contributed by atoms with E-state index in [1.807, 2.05) is 6.07 Å². The number of H-pyrrole nitrogens is 1. The average Bonchev–Trinajstić information content (AvgIpc) is 3.26. The van der Waals surface area contributed by atoms with E-state index in [1.165, 1.54) is 36.6 Å². The van der Waals surface area contributed by atoms with E-state index >= 15 is 0 Å². The molecule has 35 heavy (non-hydrogen) atoms. The molecule has 1 atom stereocenters. The predicted molar refractivity (Wildman–Crippen MR) is 124 cm³/mol. The Balaban J connectivity index is 1.39. The minimum Gasteiger partial charge on any atom is -0.497 e. The number of alkyl halides is 3. The van der Waals surface area contributed by atoms with E-state index < -0.39 is 6.36 Å². The molecule has 4 aromatic rings. The minimum atomic E-state index is -4.80. The number of aromatic amines is 1. The molecule has 1 unspecified atom stereocenters. The Morgan fingerprint density at radius 2 is 1.77 bits per heavy atom. The quantitative estimate of drug-likeness (QED) is 0.352. The Hall–Kier alpha value is -3.79. The van der Waals surface area contributed by atoms with E-state index in [1.54, 1.807) is 24.3 Å². The van der Waals surface area contributed by atoms with Crippen LogP contribution in [0, 0.1) is 0 Å². The van der Waals surface area contributed by atoms with E-state index in [2.05, 4.69) is 9.72 Å². The Morgan fingerprint density at radius 1 is 0.971 bits per heavy atom. The zero-order valence-electron chi connectivity index (χ0n) is 18.3. The van der Waals surface area contributed by atoms with E-state index in [-0.39, 0.29) is 40.6 Å². The summed E-state index contributed by atoms with van der Waals surface area (Å²) in [6.07, 6.45) is -4.17. The summed E-state index contributed by atoms with van der Waals surface area (Å²) in [5.41, 5.74) is 1.06. The van der Waals surface area contributed by atoms with Crippen LogP contribution in [0.25, 0.3) is 10.9 Å². The Kier molecular flexibility index (Phi) is 5.76. The summed E-state index contributed by atoms with van der Waals surface area (Å²) in [5.74, 6) is -0.000355. The predicted octanol–water partition coefficient (Wildman–Crippen LogP) is 6.20. The lowest BCUT2D eigenvalue weighted by Gasteiger charge is -2.22. The number of thiophene rings is 1. The molecule has 0 fully saturated rings. The first kappa shape index (κ1) is 23.0. The molecule has 0 radical (unpaired) electrons. The number of nitrogens with one attached hydrogen (secondary N) is 1. The van der Waals surface area contributed by atoms with Gasteiger partial charge in [0.15, 0.2) is 16.3 Å². The number of halogens is 3. The van der Waals surface area contributed by atoms with Crippen LogP contribution in [0.3, 0.4) is 0 Å². The molecule has 0 amide bonds. The van der Waals surface area contributed by atoms with Gasteiger partial charge in [0.25, 0.3) is 0 Å². The second kappa shape index (κ2) is 8.77. The molecule has 0 bridgehead atoms. The Labute approximate surface area is 200 Å². The number of hydrogen-bond acceptors (Lipinski definition) is 6. The molecule has 1 aliphatic rings. The van der Waals surface area contributed by atoms with Crippen molar-refractivity contribution in [2.75, 3.05) is 7.11 Å². The number of pyridine rings is 1. The Morgan fingerprint density at radius 3 is 2.54 bits per heavy atom. The fourth-order valence-electron chi connectivity index (χ4n) is 4.20. The SMILES string of the molecule is COc1ccc2c(=O)c3c([nH]c2c1)CC(c1ccc(Oc2cccc(OC(F)(F)F)c2)s1)CC3=O. The highest BCUT2D eigenvalue weighted by Gasteiger charge is 2.32. The highest BCUT2D eigenvalue weighted by Crippen LogP contribution is 2.39. The molecule has 0 aliphatic heterocycles. The lowest BCUT2D eigenvalue weighted by molar-refractivity contribution is -0.274. The molecule has 1 aliphatic carbocycles. The number of Topliss-reactive ketones (excluding diaryl/α,β-unsaturated/α-hetero) is 1. The highest BCUT2D eigenvalue weighted by atomic mass is 32.1. The van der Waals surface area contributed by atoms with Gasteiger partial charge in [0.2, 0.25) is 0 Å². The summed E-state index contributed by atoms with van der Waals surface area (Å²) in [6, 6.07) is 13.8. The van der Waals surface area contributed by atoms with Crippen LogP contribution in [-0.4, -0.2) is 24.2 Å². The number of carbonyl (C=O) groups is 1. The molecule has 2 heterocycles. The number of ketones is 1. The first-order valence-corrected chi connectivity index (χ1v) is 11.4. The fourth-order valence-corrected chi connectivity index (χ4v) is 5.18. The third kappa shape index (κ3) is 4.74. The van der Waals surface area contributed by atoms with Crippen LogP contribution in [0.4, 0.5) is 13.2 Å². The van der Waals surface area contributed by atoms with E-state index in [0.717, 1.165) is 10.9 Å². The number of rotatable bonds is 5. The lowest BCUT2D eigenvalue weighted by Crippen LogP contribution is -2.27. The smallest absolute Gasteiger partial charge is 0.497 e. The van der Waals surface area contributed by atoms with Gasteiger partial charge in [-0.2, -0.15) is 0 Å². The fraction of sp³-hybridized carbons (Fsp3) is 0.200. The number of methoxy groups -OCH3 is 1. The standard InChI is InChI=1S/C25H18F3NO5S/c1-32-14-5-6-17-18(12-14)29-19-9-13(10-20(30)23(19)24(17)31)21-7-8-22(35-21)33-15-3-2-4-16(11-15)34-25(26,27)28/h2-8,11-13H,9-10H2,1H3,(H,29,31). The molecular weight excluding hydrogens is 483 g/mol. The number of carbonyl (C=O) groups excluding carboxylic acids is 1. The second-order valence-corrected chi connectivity index (χ2v) is 9.11. The largest absolute Gasteiger partial charge is 0.573 e. The van der Waals surface area contributed by atoms with Gasteiger partial charge in [0.05, 0.1) is 18.2 Å². The number of ether oxygens (including phenoxy) is 3. The summed E-state index contributed by atoms with van der Waals surface area (Å²) >= 11 is 1.29. The van der Waals surface area contributed by atoms with Crippen LogP contribution in [0.5, 0.6) is 22.3 Å². The summed E-state index contributed by atoms with van der Waals surface area (Å²) in [6.45, 7) is 0. The van der Waals surface area contributed by atoms with Crippen LogP contribution < -0.4 is 19.6 Å². The van der Waals surface area contributed by atoms with Crippen molar-refractivity contribution in [3.8, 4) is 22.3 Å². The van der Waals surface area contributed by atoms with Crippen molar-refractivity contribution in [3.63, 3.8) is 0 Å². The van der Waals surface area contributed by atoms with Crippen LogP contribution in [0.2, 0.25) is 0 Å². The molecule has 1 N–H and O–H groups in total. The molecule has 6 nitrogen and oxygen atoms in total. The van der Waals surface area contributed by atoms with Crippen molar-refractivity contribution in [2.45, 2.75) is 25.1 Å². The third-order valence-corrected chi connectivity index (χ3v) is 6.83. The summed E-state index contributed by atoms with van der Waals surface area (Å²) < 4.78 is 52.3. The van der Waals surface area contributed by atoms with E-state index in [4.69, 9.17) is 9.47 Å². The molecule has 5 rings (SSSR count). The molecule has 10 heteroatoms. The van der Waals surface area contributed by atoms with Crippen molar-refractivity contribution in [1.29, 1.82) is 0 Å². The molecule has 2 aromatic carbocycles. The highest BCUT2D eigenvalue weighted by molar-refractivity contribution is 7.13. The second-order valence-electron chi connectivity index (χ2n) is 8.03. The third-order valence-electron chi connectivity index (χ3n) is 5.71. The number of benzene rings is 2. The normalized spacial score (nSPS) is 15.7. The first-order valence-electron chi connectivity index (χ1n) is 10.6. The molecule has 0 spiro atoms. The summed E-state index contributed by atoms with van der Waals surface area (Å²) in [7, 11) is 1.54. The van der Waals surface area contributed by atoms with E-state index in [9.17, 15) is 22.8 Å². The van der Waals surface area contributed by atoms with Crippen molar-refractivity contribution >= 4 is 28.0 Å². The van der Waals surface area contributed by atoms with Crippen LogP contribution in [0.15, 0.2) is 59.4 Å². The monoisotopic (exact) mass is 501 g/mol. The van der Waals surface area contributed by atoms with Crippen LogP contribution in [-0.2, 0) is 6.42 Å². The lowest BCUT2D eigenvalue weighted by atomic mass is 9.84. The summed E-state index contributed by atoms with van der Waals surface area (Å²) in [5, 5.41) is 0.888. The molecule has 180 valence electrons. The molecule has 2 aromatic heterocycles. The number of aromatic nitrogens is 1. The number of fused-ring (bicyclic) bond motifs is 2. The maximum atomic E-state index is 13.0.